The lowest BCUT2D eigenvalue weighted by molar-refractivity contribution is 0.204. The summed E-state index contributed by atoms with van der Waals surface area (Å²) in [6.45, 7) is 2.74. The number of carbonyl (C=O) groups excluding carboxylic acids is 1. The van der Waals surface area contributed by atoms with Gasteiger partial charge in [-0.1, -0.05) is 25.1 Å². The van der Waals surface area contributed by atoms with Crippen LogP contribution in [0.15, 0.2) is 0 Å². The van der Waals surface area contributed by atoms with Crippen LogP contribution in [0.3, 0.4) is 0 Å². The SMILES string of the molecule is CCCCN(C(=O)SC)C1CCS(=O)(=O)C1. The highest BCUT2D eigenvalue weighted by molar-refractivity contribution is 8.12. The summed E-state index contributed by atoms with van der Waals surface area (Å²) in [7, 11) is -2.91. The predicted octanol–water partition coefficient (Wildman–Crippen LogP) is 1.76. The van der Waals surface area contributed by atoms with E-state index in [0.717, 1.165) is 24.6 Å². The van der Waals surface area contributed by atoms with Gasteiger partial charge in [-0.3, -0.25) is 4.79 Å². The van der Waals surface area contributed by atoms with Gasteiger partial charge < -0.3 is 4.90 Å². The number of carbonyl (C=O) groups is 1. The van der Waals surface area contributed by atoms with Crippen LogP contribution in [-0.2, 0) is 9.84 Å². The van der Waals surface area contributed by atoms with Crippen molar-refractivity contribution in [1.29, 1.82) is 0 Å². The first kappa shape index (κ1) is 13.8. The van der Waals surface area contributed by atoms with Crippen LogP contribution < -0.4 is 0 Å². The average Bonchev–Trinajstić information content (AvgIpc) is 2.59. The van der Waals surface area contributed by atoms with E-state index in [4.69, 9.17) is 0 Å². The molecule has 1 aliphatic rings. The van der Waals surface area contributed by atoms with Crippen molar-refractivity contribution in [3.63, 3.8) is 0 Å². The third-order valence-corrected chi connectivity index (χ3v) is 5.14. The molecule has 0 aromatic heterocycles. The maximum Gasteiger partial charge on any atom is 0.281 e. The molecule has 0 spiro atoms. The van der Waals surface area contributed by atoms with Gasteiger partial charge >= 0.3 is 0 Å². The minimum Gasteiger partial charge on any atom is -0.330 e. The van der Waals surface area contributed by atoms with Gasteiger partial charge in [-0.25, -0.2) is 8.42 Å². The van der Waals surface area contributed by atoms with E-state index in [1.165, 1.54) is 0 Å². The largest absolute Gasteiger partial charge is 0.330 e. The predicted molar refractivity (Wildman–Crippen MR) is 67.6 cm³/mol. The summed E-state index contributed by atoms with van der Waals surface area (Å²) in [6, 6.07) is -0.100. The first-order chi connectivity index (χ1) is 7.50. The minimum absolute atomic E-state index is 0.00412. The Kier molecular flexibility index (Phi) is 5.11. The van der Waals surface area contributed by atoms with Gasteiger partial charge in [-0.15, -0.1) is 0 Å². The fraction of sp³-hybridized carbons (Fsp3) is 0.900. The molecule has 1 amide bonds. The van der Waals surface area contributed by atoms with Crippen molar-refractivity contribution in [3.8, 4) is 0 Å². The van der Waals surface area contributed by atoms with E-state index in [1.807, 2.05) is 0 Å². The quantitative estimate of drug-likeness (QED) is 0.777. The zero-order valence-electron chi connectivity index (χ0n) is 9.81. The molecule has 6 heteroatoms. The van der Waals surface area contributed by atoms with E-state index >= 15 is 0 Å². The normalized spacial score (nSPS) is 23.2. The van der Waals surface area contributed by atoms with Crippen molar-refractivity contribution in [2.45, 2.75) is 32.2 Å². The summed E-state index contributed by atoms with van der Waals surface area (Å²) in [6.07, 6.45) is 4.28. The van der Waals surface area contributed by atoms with Crippen molar-refractivity contribution >= 4 is 26.8 Å². The third kappa shape index (κ3) is 3.66. The molecule has 1 aliphatic heterocycles. The van der Waals surface area contributed by atoms with Crippen molar-refractivity contribution in [2.75, 3.05) is 24.3 Å². The number of nitrogens with zero attached hydrogens (tertiary/aromatic N) is 1. The Hall–Kier alpha value is -0.230. The summed E-state index contributed by atoms with van der Waals surface area (Å²) >= 11 is 1.16. The molecule has 1 fully saturated rings. The molecule has 0 aromatic rings. The fourth-order valence-electron chi connectivity index (χ4n) is 1.89. The Balaban J connectivity index is 2.66. The van der Waals surface area contributed by atoms with E-state index in [2.05, 4.69) is 6.92 Å². The smallest absolute Gasteiger partial charge is 0.281 e. The molecule has 0 aromatic carbocycles. The zero-order chi connectivity index (χ0) is 12.2. The first-order valence-corrected chi connectivity index (χ1v) is 8.59. The molecule has 1 atom stereocenters. The van der Waals surface area contributed by atoms with E-state index in [1.54, 1.807) is 11.2 Å². The number of hydrogen-bond acceptors (Lipinski definition) is 4. The first-order valence-electron chi connectivity index (χ1n) is 5.55. The lowest BCUT2D eigenvalue weighted by Gasteiger charge is -2.27. The van der Waals surface area contributed by atoms with Gasteiger partial charge in [0.1, 0.15) is 0 Å². The van der Waals surface area contributed by atoms with Crippen LogP contribution in [0.25, 0.3) is 0 Å². The highest BCUT2D eigenvalue weighted by Gasteiger charge is 2.33. The molecule has 0 saturated carbocycles. The molecule has 0 N–H and O–H groups in total. The Morgan fingerprint density at radius 3 is 2.62 bits per heavy atom. The number of rotatable bonds is 4. The van der Waals surface area contributed by atoms with E-state index < -0.39 is 9.84 Å². The third-order valence-electron chi connectivity index (χ3n) is 2.81. The molecule has 0 radical (unpaired) electrons. The molecule has 1 heterocycles. The number of sulfone groups is 1. The number of hydrogen-bond donors (Lipinski definition) is 0. The number of thioether (sulfide) groups is 1. The minimum atomic E-state index is -2.91. The molecule has 0 bridgehead atoms. The molecular weight excluding hydrogens is 246 g/mol. The highest BCUT2D eigenvalue weighted by atomic mass is 32.2. The summed E-state index contributed by atoms with van der Waals surface area (Å²) in [5.41, 5.74) is 0. The van der Waals surface area contributed by atoms with Gasteiger partial charge in [0.05, 0.1) is 11.5 Å². The van der Waals surface area contributed by atoms with Gasteiger partial charge in [-0.05, 0) is 19.1 Å². The molecule has 1 rings (SSSR count). The second kappa shape index (κ2) is 5.91. The Bertz CT molecular complexity index is 340. The molecule has 94 valence electrons. The second-order valence-corrected chi connectivity index (χ2v) is 7.06. The lowest BCUT2D eigenvalue weighted by atomic mass is 10.2. The molecule has 1 saturated heterocycles. The average molecular weight is 265 g/mol. The van der Waals surface area contributed by atoms with Gasteiger partial charge in [-0.2, -0.15) is 0 Å². The van der Waals surface area contributed by atoms with Crippen LogP contribution in [0, 0.1) is 0 Å². The van der Waals surface area contributed by atoms with Crippen molar-refractivity contribution in [1.82, 2.24) is 4.90 Å². The van der Waals surface area contributed by atoms with E-state index in [0.29, 0.717) is 13.0 Å². The van der Waals surface area contributed by atoms with Crippen molar-refractivity contribution < 1.29 is 13.2 Å². The second-order valence-electron chi connectivity index (χ2n) is 4.07. The fourth-order valence-corrected chi connectivity index (χ4v) is 4.10. The van der Waals surface area contributed by atoms with Gasteiger partial charge in [0, 0.05) is 12.6 Å². The van der Waals surface area contributed by atoms with Gasteiger partial charge in [0.25, 0.3) is 5.24 Å². The monoisotopic (exact) mass is 265 g/mol. The Labute approximate surface area is 102 Å². The van der Waals surface area contributed by atoms with Crippen LogP contribution in [0.2, 0.25) is 0 Å². The van der Waals surface area contributed by atoms with Crippen molar-refractivity contribution in [2.24, 2.45) is 0 Å². The lowest BCUT2D eigenvalue weighted by Crippen LogP contribution is -2.39. The van der Waals surface area contributed by atoms with Crippen molar-refractivity contribution in [3.05, 3.63) is 0 Å². The molecular formula is C10H19NO3S2. The molecule has 16 heavy (non-hydrogen) atoms. The zero-order valence-corrected chi connectivity index (χ0v) is 11.4. The summed E-state index contributed by atoms with van der Waals surface area (Å²) in [4.78, 5) is 13.4. The molecule has 4 nitrogen and oxygen atoms in total. The Morgan fingerprint density at radius 2 is 2.19 bits per heavy atom. The summed E-state index contributed by atoms with van der Waals surface area (Å²) in [5.74, 6) is 0.366. The standard InChI is InChI=1S/C10H19NO3S2/c1-3-4-6-11(10(12)15-2)9-5-7-16(13,14)8-9/h9H,3-8H2,1-2H3. The molecule has 1 unspecified atom stereocenters. The molecule has 0 aliphatic carbocycles. The summed E-state index contributed by atoms with van der Waals surface area (Å²) < 4.78 is 22.8. The van der Waals surface area contributed by atoms with Gasteiger partial charge in [0.2, 0.25) is 0 Å². The van der Waals surface area contributed by atoms with Gasteiger partial charge in [0.15, 0.2) is 9.84 Å². The number of amides is 1. The summed E-state index contributed by atoms with van der Waals surface area (Å²) in [5, 5.41) is -0.00412. The van der Waals surface area contributed by atoms with Crippen LogP contribution in [0.5, 0.6) is 0 Å². The van der Waals surface area contributed by atoms with E-state index in [-0.39, 0.29) is 22.8 Å². The van der Waals surface area contributed by atoms with E-state index in [9.17, 15) is 13.2 Å². The van der Waals surface area contributed by atoms with Crippen LogP contribution >= 0.6 is 11.8 Å². The van der Waals surface area contributed by atoms with Crippen LogP contribution in [0.4, 0.5) is 4.79 Å². The number of unbranched alkanes of at least 4 members (excludes halogenated alkanes) is 1. The maximum atomic E-state index is 11.7. The topological polar surface area (TPSA) is 54.5 Å². The highest BCUT2D eigenvalue weighted by Crippen LogP contribution is 2.21. The van der Waals surface area contributed by atoms with Crippen LogP contribution in [0.1, 0.15) is 26.2 Å². The maximum absolute atomic E-state index is 11.7. The van der Waals surface area contributed by atoms with Crippen LogP contribution in [-0.4, -0.2) is 48.9 Å². The Morgan fingerprint density at radius 1 is 1.50 bits per heavy atom.